The molecule has 3 aliphatic rings. The summed E-state index contributed by atoms with van der Waals surface area (Å²) in [6, 6.07) is 2.87. The summed E-state index contributed by atoms with van der Waals surface area (Å²) in [4.78, 5) is 50.7. The third-order valence-electron chi connectivity index (χ3n) is 6.21. The van der Waals surface area contributed by atoms with Crippen molar-refractivity contribution in [3.63, 3.8) is 0 Å². The Labute approximate surface area is 165 Å². The highest BCUT2D eigenvalue weighted by Gasteiger charge is 2.54. The summed E-state index contributed by atoms with van der Waals surface area (Å²) < 4.78 is 0. The van der Waals surface area contributed by atoms with Crippen molar-refractivity contribution in [2.45, 2.75) is 32.3 Å². The van der Waals surface area contributed by atoms with Gasteiger partial charge in [-0.05, 0) is 43.4 Å². The van der Waals surface area contributed by atoms with Gasteiger partial charge in [-0.1, -0.05) is 6.07 Å². The number of Topliss-reactive ketones (excluding diaryl/α,β-unsaturated/α-hetero) is 3. The van der Waals surface area contributed by atoms with Gasteiger partial charge in [-0.25, -0.2) is 0 Å². The fraction of sp³-hybridized carbons (Fsp3) is 0.333. The monoisotopic (exact) mass is 397 g/mol. The molecule has 3 atom stereocenters. The molecule has 0 spiro atoms. The van der Waals surface area contributed by atoms with Crippen molar-refractivity contribution in [1.29, 1.82) is 0 Å². The minimum Gasteiger partial charge on any atom is -0.511 e. The Hall–Kier alpha value is -3.26. The minimum absolute atomic E-state index is 0.000851. The third-order valence-corrected chi connectivity index (χ3v) is 6.21. The lowest BCUT2D eigenvalue weighted by Gasteiger charge is -2.43. The Morgan fingerprint density at radius 3 is 2.41 bits per heavy atom. The lowest BCUT2D eigenvalue weighted by molar-refractivity contribution is -0.133. The smallest absolute Gasteiger partial charge is 0.255 e. The number of aryl methyl sites for hydroxylation is 1. The summed E-state index contributed by atoms with van der Waals surface area (Å²) in [5.74, 6) is -6.58. The van der Waals surface area contributed by atoms with Gasteiger partial charge in [-0.2, -0.15) is 0 Å². The second-order valence-corrected chi connectivity index (χ2v) is 7.97. The van der Waals surface area contributed by atoms with Crippen LogP contribution < -0.4 is 5.73 Å². The van der Waals surface area contributed by atoms with E-state index >= 15 is 0 Å². The van der Waals surface area contributed by atoms with Crippen LogP contribution in [0.15, 0.2) is 34.6 Å². The van der Waals surface area contributed by atoms with Crippen LogP contribution in [0.5, 0.6) is 5.75 Å². The Kier molecular flexibility index (Phi) is 3.86. The zero-order chi connectivity index (χ0) is 21.4. The number of rotatable bonds is 1. The third kappa shape index (κ3) is 2.35. The number of benzene rings is 1. The number of phenolic OH excluding ortho intramolecular Hbond substituents is 1. The average molecular weight is 397 g/mol. The number of aliphatic hydroxyl groups is 2. The van der Waals surface area contributed by atoms with Crippen LogP contribution in [0.25, 0.3) is 0 Å². The molecule has 0 radical (unpaired) electrons. The van der Waals surface area contributed by atoms with Gasteiger partial charge in [-0.3, -0.25) is 19.2 Å². The first-order valence-electron chi connectivity index (χ1n) is 9.12. The summed E-state index contributed by atoms with van der Waals surface area (Å²) in [6.45, 7) is 3.11. The second-order valence-electron chi connectivity index (χ2n) is 7.97. The molecule has 29 heavy (non-hydrogen) atoms. The number of allylic oxidation sites excluding steroid dienone is 2. The molecule has 0 aromatic heterocycles. The fourth-order valence-corrected chi connectivity index (χ4v) is 4.96. The lowest BCUT2D eigenvalue weighted by atomic mass is 9.60. The van der Waals surface area contributed by atoms with Crippen LogP contribution in [0, 0.1) is 18.8 Å². The van der Waals surface area contributed by atoms with Crippen LogP contribution >= 0.6 is 0 Å². The number of amides is 1. The van der Waals surface area contributed by atoms with Gasteiger partial charge in [0.1, 0.15) is 22.7 Å². The van der Waals surface area contributed by atoms with E-state index in [9.17, 15) is 34.5 Å². The van der Waals surface area contributed by atoms with Gasteiger partial charge >= 0.3 is 0 Å². The fourth-order valence-electron chi connectivity index (χ4n) is 4.96. The van der Waals surface area contributed by atoms with E-state index in [1.54, 1.807) is 13.0 Å². The van der Waals surface area contributed by atoms with Gasteiger partial charge in [-0.15, -0.1) is 0 Å². The molecule has 0 aliphatic heterocycles. The van der Waals surface area contributed by atoms with Gasteiger partial charge in [0.2, 0.25) is 5.78 Å². The molecule has 0 heterocycles. The number of hydrogen-bond acceptors (Lipinski definition) is 7. The summed E-state index contributed by atoms with van der Waals surface area (Å²) in [5.41, 5.74) is 3.24. The van der Waals surface area contributed by atoms with E-state index < -0.39 is 52.0 Å². The molecule has 2 unspecified atom stereocenters. The van der Waals surface area contributed by atoms with Crippen LogP contribution in [0.2, 0.25) is 0 Å². The SMILES string of the molecule is Cc1ccc(O)c2c1[C@@](C)(O)C1=C(C2=O)C(=O)C2C(=O)C(C(N)=O)=C(O)CC2C1. The maximum absolute atomic E-state index is 13.2. The van der Waals surface area contributed by atoms with Crippen molar-refractivity contribution in [3.8, 4) is 5.75 Å². The van der Waals surface area contributed by atoms with Gasteiger partial charge in [0, 0.05) is 12.0 Å². The molecule has 5 N–H and O–H groups in total. The topological polar surface area (TPSA) is 155 Å². The summed E-state index contributed by atoms with van der Waals surface area (Å²) in [7, 11) is 0. The van der Waals surface area contributed by atoms with Crippen LogP contribution in [-0.2, 0) is 20.0 Å². The van der Waals surface area contributed by atoms with Crippen molar-refractivity contribution < 1.29 is 34.5 Å². The van der Waals surface area contributed by atoms with Gasteiger partial charge in [0.25, 0.3) is 5.91 Å². The number of aliphatic hydroxyl groups excluding tert-OH is 1. The molecule has 0 bridgehead atoms. The number of carbonyl (C=O) groups excluding carboxylic acids is 4. The number of fused-ring (bicyclic) bond motifs is 2. The first-order chi connectivity index (χ1) is 13.5. The Morgan fingerprint density at radius 1 is 1.14 bits per heavy atom. The highest BCUT2D eigenvalue weighted by Crippen LogP contribution is 2.51. The average Bonchev–Trinajstić information content (AvgIpc) is 2.60. The molecular formula is C21H19NO7. The summed E-state index contributed by atoms with van der Waals surface area (Å²) in [6.07, 6.45) is -0.145. The van der Waals surface area contributed by atoms with E-state index in [1.165, 1.54) is 13.0 Å². The molecule has 0 fully saturated rings. The molecule has 0 saturated heterocycles. The quantitative estimate of drug-likeness (QED) is 0.405. The molecule has 4 rings (SSSR count). The summed E-state index contributed by atoms with van der Waals surface area (Å²) in [5, 5.41) is 31.7. The number of ketones is 3. The van der Waals surface area contributed by atoms with Crippen molar-refractivity contribution in [1.82, 2.24) is 0 Å². The Balaban J connectivity index is 1.92. The summed E-state index contributed by atoms with van der Waals surface area (Å²) >= 11 is 0. The number of primary amides is 1. The first-order valence-corrected chi connectivity index (χ1v) is 9.12. The molecule has 0 saturated carbocycles. The first kappa shape index (κ1) is 19.1. The molecule has 3 aliphatic carbocycles. The van der Waals surface area contributed by atoms with Gasteiger partial charge < -0.3 is 21.1 Å². The van der Waals surface area contributed by atoms with Crippen LogP contribution in [0.4, 0.5) is 0 Å². The van der Waals surface area contributed by atoms with E-state index in [0.717, 1.165) is 0 Å². The number of hydrogen-bond donors (Lipinski definition) is 4. The molecule has 150 valence electrons. The standard InChI is InChI=1S/C21H19NO7/c1-7-3-4-10(23)14-16(7)21(2,29)9-5-8-6-11(24)15(20(22)28)18(26)12(8)17(25)13(9)19(14)27/h3-4,8,12,23-24,29H,5-6H2,1-2H3,(H2,22,28)/t8?,12?,21-/m0/s1. The van der Waals surface area contributed by atoms with Crippen molar-refractivity contribution in [2.24, 2.45) is 17.6 Å². The van der Waals surface area contributed by atoms with Crippen molar-refractivity contribution in [3.05, 3.63) is 51.3 Å². The molecule has 1 aromatic rings. The number of aromatic hydroxyl groups is 1. The number of nitrogens with two attached hydrogens (primary N) is 1. The van der Waals surface area contributed by atoms with Crippen molar-refractivity contribution >= 4 is 23.3 Å². The molecule has 8 heteroatoms. The lowest BCUT2D eigenvalue weighted by Crippen LogP contribution is -2.48. The maximum Gasteiger partial charge on any atom is 0.255 e. The molecule has 1 amide bonds. The number of carbonyl (C=O) groups is 4. The van der Waals surface area contributed by atoms with Crippen molar-refractivity contribution in [2.75, 3.05) is 0 Å². The van der Waals surface area contributed by atoms with Gasteiger partial charge in [0.05, 0.1) is 17.1 Å². The van der Waals surface area contributed by atoms with Crippen LogP contribution in [-0.4, -0.2) is 38.6 Å². The molecular weight excluding hydrogens is 378 g/mol. The number of phenols is 1. The predicted octanol–water partition coefficient (Wildman–Crippen LogP) is 0.876. The zero-order valence-electron chi connectivity index (χ0n) is 15.8. The maximum atomic E-state index is 13.2. The highest BCUT2D eigenvalue weighted by molar-refractivity contribution is 6.36. The zero-order valence-corrected chi connectivity index (χ0v) is 15.8. The second kappa shape index (κ2) is 5.87. The van der Waals surface area contributed by atoms with E-state index in [-0.39, 0.29) is 40.9 Å². The molecule has 1 aromatic carbocycles. The Bertz CT molecular complexity index is 1110. The van der Waals surface area contributed by atoms with E-state index in [4.69, 9.17) is 5.73 Å². The largest absolute Gasteiger partial charge is 0.511 e. The predicted molar refractivity (Wildman–Crippen MR) is 98.8 cm³/mol. The van der Waals surface area contributed by atoms with Gasteiger partial charge in [0.15, 0.2) is 11.6 Å². The normalized spacial score (nSPS) is 28.9. The molecule has 8 nitrogen and oxygen atoms in total. The highest BCUT2D eigenvalue weighted by atomic mass is 16.3. The minimum atomic E-state index is -1.73. The Morgan fingerprint density at radius 2 is 1.79 bits per heavy atom. The van der Waals surface area contributed by atoms with Crippen LogP contribution in [0.3, 0.4) is 0 Å². The van der Waals surface area contributed by atoms with E-state index in [2.05, 4.69) is 0 Å². The van der Waals surface area contributed by atoms with E-state index in [1.807, 2.05) is 0 Å². The van der Waals surface area contributed by atoms with Crippen LogP contribution in [0.1, 0.15) is 41.3 Å². The van der Waals surface area contributed by atoms with E-state index in [0.29, 0.717) is 5.56 Å².